The van der Waals surface area contributed by atoms with E-state index in [1.165, 1.54) is 19.2 Å². The Morgan fingerprint density at radius 2 is 1.73 bits per heavy atom. The molecule has 12 nitrogen and oxygen atoms in total. The predicted octanol–water partition coefficient (Wildman–Crippen LogP) is 3.46. The average molecular weight is 571 g/mol. The summed E-state index contributed by atoms with van der Waals surface area (Å²) in [6, 6.07) is 6.76. The van der Waals surface area contributed by atoms with Crippen molar-refractivity contribution in [2.75, 3.05) is 6.61 Å². The number of cyclic esters (lactones) is 2. The van der Waals surface area contributed by atoms with E-state index in [1.807, 2.05) is 6.92 Å². The smallest absolute Gasteiger partial charge is 0.463 e. The Labute approximate surface area is 237 Å². The van der Waals surface area contributed by atoms with Crippen molar-refractivity contribution >= 4 is 30.0 Å². The van der Waals surface area contributed by atoms with Crippen LogP contribution >= 0.6 is 0 Å². The molecule has 0 aliphatic carbocycles. The summed E-state index contributed by atoms with van der Waals surface area (Å²) in [5, 5.41) is 2.43. The number of pyridine rings is 1. The number of nitrogens with zero attached hydrogens (tertiary/aromatic N) is 1. The second-order valence-corrected chi connectivity index (χ2v) is 9.94. The molecule has 0 radical (unpaired) electrons. The first-order chi connectivity index (χ1) is 19.4. The van der Waals surface area contributed by atoms with E-state index in [1.54, 1.807) is 52.0 Å². The third-order valence-corrected chi connectivity index (χ3v) is 6.33. The molecule has 2 heterocycles. The van der Waals surface area contributed by atoms with Crippen molar-refractivity contribution in [3.8, 4) is 11.5 Å². The van der Waals surface area contributed by atoms with Crippen molar-refractivity contribution in [1.29, 1.82) is 0 Å². The molecule has 41 heavy (non-hydrogen) atoms. The van der Waals surface area contributed by atoms with Crippen LogP contribution in [0.3, 0.4) is 0 Å². The first kappa shape index (κ1) is 31.1. The maximum Gasteiger partial charge on any atom is 0.519 e. The number of amides is 1. The number of esters is 3. The molecule has 4 atom stereocenters. The van der Waals surface area contributed by atoms with Gasteiger partial charge in [0.05, 0.1) is 11.8 Å². The molecule has 1 aromatic carbocycles. The third-order valence-electron chi connectivity index (χ3n) is 6.33. The number of hydrogen-bond acceptors (Lipinski definition) is 11. The maximum absolute atomic E-state index is 13.2. The summed E-state index contributed by atoms with van der Waals surface area (Å²) in [6.07, 6.45) is -1.63. The van der Waals surface area contributed by atoms with E-state index >= 15 is 0 Å². The Morgan fingerprint density at radius 1 is 1.05 bits per heavy atom. The molecule has 1 saturated heterocycles. The number of aromatic nitrogens is 1. The zero-order valence-corrected chi connectivity index (χ0v) is 23.8. The summed E-state index contributed by atoms with van der Waals surface area (Å²) >= 11 is 0. The highest BCUT2D eigenvalue weighted by molar-refractivity contribution is 5.98. The monoisotopic (exact) mass is 570 g/mol. The fourth-order valence-electron chi connectivity index (χ4n) is 3.95. The quantitative estimate of drug-likeness (QED) is 0.295. The molecule has 1 fully saturated rings. The van der Waals surface area contributed by atoms with Crippen molar-refractivity contribution in [1.82, 2.24) is 10.3 Å². The minimum absolute atomic E-state index is 0.185. The van der Waals surface area contributed by atoms with Crippen molar-refractivity contribution in [3.05, 3.63) is 53.3 Å². The summed E-state index contributed by atoms with van der Waals surface area (Å²) in [6.45, 7) is 9.40. The molecule has 0 spiro atoms. The van der Waals surface area contributed by atoms with Crippen LogP contribution in [-0.2, 0) is 28.6 Å². The van der Waals surface area contributed by atoms with Gasteiger partial charge in [0.15, 0.2) is 23.6 Å². The fourth-order valence-corrected chi connectivity index (χ4v) is 3.95. The first-order valence-corrected chi connectivity index (χ1v) is 13.2. The van der Waals surface area contributed by atoms with Crippen LogP contribution < -0.4 is 14.8 Å². The van der Waals surface area contributed by atoms with Gasteiger partial charge in [0.25, 0.3) is 5.91 Å². The maximum atomic E-state index is 13.2. The van der Waals surface area contributed by atoms with Crippen LogP contribution in [0.2, 0.25) is 0 Å². The van der Waals surface area contributed by atoms with E-state index in [9.17, 15) is 24.0 Å². The normalized spacial score (nSPS) is 21.0. The molecule has 1 aromatic heterocycles. The molecule has 12 heteroatoms. The van der Waals surface area contributed by atoms with E-state index < -0.39 is 66.7 Å². The summed E-state index contributed by atoms with van der Waals surface area (Å²) in [5.74, 6) is -4.41. The fraction of sp³-hybridized carbons (Fsp3) is 0.448. The summed E-state index contributed by atoms with van der Waals surface area (Å²) < 4.78 is 26.8. The van der Waals surface area contributed by atoms with Gasteiger partial charge in [0, 0.05) is 6.20 Å². The minimum Gasteiger partial charge on any atom is -0.463 e. The van der Waals surface area contributed by atoms with Crippen molar-refractivity contribution in [2.45, 2.75) is 66.2 Å². The Kier molecular flexibility index (Phi) is 10.4. The molecule has 1 aliphatic rings. The van der Waals surface area contributed by atoms with E-state index in [0.29, 0.717) is 5.56 Å². The van der Waals surface area contributed by atoms with E-state index in [-0.39, 0.29) is 23.6 Å². The van der Waals surface area contributed by atoms with Crippen LogP contribution in [0.5, 0.6) is 11.5 Å². The second kappa shape index (κ2) is 13.7. The molecule has 0 saturated carbocycles. The van der Waals surface area contributed by atoms with Crippen LogP contribution in [0.15, 0.2) is 36.5 Å². The van der Waals surface area contributed by atoms with Crippen molar-refractivity contribution in [2.24, 2.45) is 11.8 Å². The molecule has 1 aliphatic heterocycles. The lowest BCUT2D eigenvalue weighted by Gasteiger charge is -2.29. The van der Waals surface area contributed by atoms with Gasteiger partial charge in [0.1, 0.15) is 18.5 Å². The summed E-state index contributed by atoms with van der Waals surface area (Å²) in [7, 11) is 0. The van der Waals surface area contributed by atoms with E-state index in [2.05, 4.69) is 10.3 Å². The average Bonchev–Trinajstić information content (AvgIpc) is 2.95. The van der Waals surface area contributed by atoms with Crippen LogP contribution in [0.1, 0.15) is 55.7 Å². The molecular weight excluding hydrogens is 536 g/mol. The SMILES string of the molecule is CCC1C(=O)OCC(NC(=O)c2nccc(C)c2OC(=O)Oc2ccc(C)cc2)C(=O)OC(C)C1OC(=O)C(C)C. The molecule has 3 rings (SSSR count). The lowest BCUT2D eigenvalue weighted by molar-refractivity contribution is -0.176. The van der Waals surface area contributed by atoms with Crippen LogP contribution in [0, 0.1) is 25.7 Å². The van der Waals surface area contributed by atoms with Gasteiger partial charge in [-0.05, 0) is 51.0 Å². The second-order valence-electron chi connectivity index (χ2n) is 9.94. The number of carbonyl (C=O) groups excluding carboxylic acids is 5. The van der Waals surface area contributed by atoms with Crippen molar-refractivity contribution in [3.63, 3.8) is 0 Å². The zero-order chi connectivity index (χ0) is 30.3. The van der Waals surface area contributed by atoms with Crippen LogP contribution in [0.4, 0.5) is 4.79 Å². The first-order valence-electron chi connectivity index (χ1n) is 13.2. The minimum atomic E-state index is -1.43. The Morgan fingerprint density at radius 3 is 2.37 bits per heavy atom. The van der Waals surface area contributed by atoms with Gasteiger partial charge in [-0.15, -0.1) is 0 Å². The van der Waals surface area contributed by atoms with Gasteiger partial charge in [0.2, 0.25) is 0 Å². The number of nitrogens with one attached hydrogen (secondary N) is 1. The van der Waals surface area contributed by atoms with E-state index in [4.69, 9.17) is 23.7 Å². The highest BCUT2D eigenvalue weighted by Crippen LogP contribution is 2.25. The van der Waals surface area contributed by atoms with Gasteiger partial charge < -0.3 is 29.0 Å². The molecular formula is C29H34N2O10. The third kappa shape index (κ3) is 8.03. The Hall–Kier alpha value is -4.48. The highest BCUT2D eigenvalue weighted by atomic mass is 16.7. The van der Waals surface area contributed by atoms with Gasteiger partial charge in [-0.25, -0.2) is 14.6 Å². The number of carbonyl (C=O) groups is 5. The molecule has 220 valence electrons. The Bertz CT molecular complexity index is 1290. The lowest BCUT2D eigenvalue weighted by atomic mass is 9.95. The molecule has 1 amide bonds. The summed E-state index contributed by atoms with van der Waals surface area (Å²) in [4.78, 5) is 67.9. The van der Waals surface area contributed by atoms with E-state index in [0.717, 1.165) is 5.56 Å². The largest absolute Gasteiger partial charge is 0.519 e. The van der Waals surface area contributed by atoms with Gasteiger partial charge in [-0.3, -0.25) is 14.4 Å². The van der Waals surface area contributed by atoms with Crippen LogP contribution in [-0.4, -0.2) is 59.8 Å². The standard InChI is InChI=1S/C29H34N2O10/c1-7-20-24(40-26(33)15(2)3)18(6)38-28(35)21(14-37-27(20)34)31-25(32)22-23(17(5)12-13-30-22)41-29(36)39-19-10-8-16(4)9-11-19/h8-13,15,18,20-21,24H,7,14H2,1-6H3,(H,31,32). The highest BCUT2D eigenvalue weighted by Gasteiger charge is 2.41. The number of rotatable bonds is 7. The van der Waals surface area contributed by atoms with Gasteiger partial charge in [-0.2, -0.15) is 0 Å². The molecule has 4 unspecified atom stereocenters. The predicted molar refractivity (Wildman–Crippen MR) is 143 cm³/mol. The van der Waals surface area contributed by atoms with Crippen LogP contribution in [0.25, 0.3) is 0 Å². The number of aryl methyl sites for hydroxylation is 2. The van der Waals surface area contributed by atoms with Gasteiger partial charge >= 0.3 is 24.1 Å². The Balaban J connectivity index is 1.78. The molecule has 2 aromatic rings. The summed E-state index contributed by atoms with van der Waals surface area (Å²) in [5.41, 5.74) is 1.05. The topological polar surface area (TPSA) is 156 Å². The number of benzene rings is 1. The molecule has 0 bridgehead atoms. The number of hydrogen-bond donors (Lipinski definition) is 1. The number of ether oxygens (including phenoxy) is 5. The zero-order valence-electron chi connectivity index (χ0n) is 23.8. The van der Waals surface area contributed by atoms with Crippen molar-refractivity contribution < 1.29 is 47.7 Å². The molecule has 1 N–H and O–H groups in total. The van der Waals surface area contributed by atoms with Gasteiger partial charge in [-0.1, -0.05) is 38.5 Å². The lowest BCUT2D eigenvalue weighted by Crippen LogP contribution is -2.47.